The van der Waals surface area contributed by atoms with Crippen molar-refractivity contribution in [1.29, 1.82) is 0 Å². The fraction of sp³-hybridized carbons (Fsp3) is 0.273. The van der Waals surface area contributed by atoms with Crippen LogP contribution in [-0.4, -0.2) is 26.2 Å². The summed E-state index contributed by atoms with van der Waals surface area (Å²) >= 11 is 0. The highest BCUT2D eigenvalue weighted by molar-refractivity contribution is 6.00. The molecule has 0 aliphatic heterocycles. The van der Waals surface area contributed by atoms with Crippen LogP contribution < -0.4 is 0 Å². The van der Waals surface area contributed by atoms with Gasteiger partial charge in [-0.1, -0.05) is 48.2 Å². The van der Waals surface area contributed by atoms with Gasteiger partial charge in [-0.15, -0.1) is 11.8 Å². The molecule has 2 aromatic rings. The molecule has 0 saturated heterocycles. The quantitative estimate of drug-likeness (QED) is 0.483. The third kappa shape index (κ3) is 3.87. The zero-order valence-corrected chi connectivity index (χ0v) is 15.1. The Hall–Kier alpha value is -3.24. The third-order valence-electron chi connectivity index (χ3n) is 4.12. The minimum atomic E-state index is -1.55. The Balaban J connectivity index is 2.43. The van der Waals surface area contributed by atoms with E-state index >= 15 is 0 Å². The molecule has 0 heterocycles. The molecule has 26 heavy (non-hydrogen) atoms. The van der Waals surface area contributed by atoms with Gasteiger partial charge in [-0.2, -0.15) is 0 Å². The van der Waals surface area contributed by atoms with Crippen LogP contribution in [0.4, 0.5) is 0 Å². The van der Waals surface area contributed by atoms with Crippen LogP contribution in [0.25, 0.3) is 10.8 Å². The Kier molecular flexibility index (Phi) is 6.42. The fourth-order valence-corrected chi connectivity index (χ4v) is 2.69. The molecule has 0 N–H and O–H groups in total. The van der Waals surface area contributed by atoms with Crippen molar-refractivity contribution >= 4 is 22.7 Å². The summed E-state index contributed by atoms with van der Waals surface area (Å²) in [6.07, 6.45) is -0.0443. The standard InChI is InChI=1S/C22H20O4/c1-4-5-15-22(20(23)25-2,21(24)26-3)16-9-13-18-12-8-11-17-10-6-7-14-19(17)18/h6-8,10-12,14H,15-16H2,1-3H3. The van der Waals surface area contributed by atoms with E-state index in [9.17, 15) is 9.59 Å². The zero-order valence-electron chi connectivity index (χ0n) is 15.1. The van der Waals surface area contributed by atoms with E-state index in [1.54, 1.807) is 6.92 Å². The number of hydrogen-bond acceptors (Lipinski definition) is 4. The van der Waals surface area contributed by atoms with Crippen LogP contribution in [-0.2, 0) is 19.1 Å². The Bertz CT molecular complexity index is 914. The first-order valence-electron chi connectivity index (χ1n) is 8.12. The predicted molar refractivity (Wildman–Crippen MR) is 100.0 cm³/mol. The maximum atomic E-state index is 12.3. The number of ether oxygens (including phenoxy) is 2. The van der Waals surface area contributed by atoms with Gasteiger partial charge in [-0.3, -0.25) is 9.59 Å². The number of methoxy groups -OCH3 is 2. The minimum Gasteiger partial charge on any atom is -0.468 e. The molecule has 4 heteroatoms. The summed E-state index contributed by atoms with van der Waals surface area (Å²) in [4.78, 5) is 24.7. The highest BCUT2D eigenvalue weighted by Gasteiger charge is 2.47. The smallest absolute Gasteiger partial charge is 0.325 e. The largest absolute Gasteiger partial charge is 0.468 e. The van der Waals surface area contributed by atoms with Crippen molar-refractivity contribution in [2.24, 2.45) is 5.41 Å². The summed E-state index contributed by atoms with van der Waals surface area (Å²) in [5, 5.41) is 2.08. The van der Waals surface area contributed by atoms with Crippen molar-refractivity contribution in [3.8, 4) is 23.7 Å². The van der Waals surface area contributed by atoms with Gasteiger partial charge >= 0.3 is 11.9 Å². The molecule has 2 rings (SSSR count). The van der Waals surface area contributed by atoms with Crippen LogP contribution in [0, 0.1) is 29.1 Å². The Morgan fingerprint density at radius 3 is 2.19 bits per heavy atom. The van der Waals surface area contributed by atoms with Crippen molar-refractivity contribution < 1.29 is 19.1 Å². The van der Waals surface area contributed by atoms with Crippen molar-refractivity contribution in [1.82, 2.24) is 0 Å². The monoisotopic (exact) mass is 348 g/mol. The molecule has 0 aromatic heterocycles. The van der Waals surface area contributed by atoms with Gasteiger partial charge in [0.15, 0.2) is 5.41 Å². The lowest BCUT2D eigenvalue weighted by atomic mass is 9.81. The first-order chi connectivity index (χ1) is 12.6. The zero-order chi connectivity index (χ0) is 19.0. The number of hydrogen-bond donors (Lipinski definition) is 0. The maximum absolute atomic E-state index is 12.3. The lowest BCUT2D eigenvalue weighted by molar-refractivity contribution is -0.168. The summed E-state index contributed by atoms with van der Waals surface area (Å²) < 4.78 is 9.67. The Morgan fingerprint density at radius 2 is 1.54 bits per heavy atom. The lowest BCUT2D eigenvalue weighted by Crippen LogP contribution is -2.40. The molecule has 0 atom stereocenters. The molecule has 0 aliphatic carbocycles. The highest BCUT2D eigenvalue weighted by atomic mass is 16.5. The molecule has 132 valence electrons. The molecule has 0 saturated carbocycles. The molecule has 0 fully saturated rings. The third-order valence-corrected chi connectivity index (χ3v) is 4.12. The second-order valence-corrected chi connectivity index (χ2v) is 5.67. The highest BCUT2D eigenvalue weighted by Crippen LogP contribution is 2.30. The summed E-state index contributed by atoms with van der Waals surface area (Å²) in [7, 11) is 2.47. The maximum Gasteiger partial charge on any atom is 0.325 e. The van der Waals surface area contributed by atoms with E-state index in [0.717, 1.165) is 16.3 Å². The summed E-state index contributed by atoms with van der Waals surface area (Å²) in [5.41, 5.74) is -0.724. The summed E-state index contributed by atoms with van der Waals surface area (Å²) in [5.74, 6) is 10.1. The number of carbonyl (C=O) groups is 2. The number of esters is 2. The Morgan fingerprint density at radius 1 is 0.923 bits per heavy atom. The normalized spacial score (nSPS) is 10.1. The lowest BCUT2D eigenvalue weighted by Gasteiger charge is -2.23. The molecule has 0 aliphatic rings. The van der Waals surface area contributed by atoms with Crippen LogP contribution >= 0.6 is 0 Å². The average Bonchev–Trinajstić information content (AvgIpc) is 2.69. The summed E-state index contributed by atoms with van der Waals surface area (Å²) in [6.45, 7) is 1.64. The number of carbonyl (C=O) groups excluding carboxylic acids is 2. The Labute approximate surface area is 153 Å². The second-order valence-electron chi connectivity index (χ2n) is 5.67. The molecule has 0 unspecified atom stereocenters. The molecule has 0 amide bonds. The van der Waals surface area contributed by atoms with Crippen LogP contribution in [0.3, 0.4) is 0 Å². The first kappa shape index (κ1) is 19.1. The van der Waals surface area contributed by atoms with Crippen molar-refractivity contribution in [2.75, 3.05) is 14.2 Å². The number of benzene rings is 2. The molecular weight excluding hydrogens is 328 g/mol. The fourth-order valence-electron chi connectivity index (χ4n) is 2.69. The second kappa shape index (κ2) is 8.74. The van der Waals surface area contributed by atoms with E-state index in [-0.39, 0.29) is 12.8 Å². The van der Waals surface area contributed by atoms with E-state index < -0.39 is 17.4 Å². The molecule has 2 aromatic carbocycles. The van der Waals surface area contributed by atoms with Gasteiger partial charge in [0.2, 0.25) is 0 Å². The van der Waals surface area contributed by atoms with Crippen molar-refractivity contribution in [3.05, 3.63) is 48.0 Å². The van der Waals surface area contributed by atoms with Gasteiger partial charge in [-0.25, -0.2) is 0 Å². The van der Waals surface area contributed by atoms with Crippen molar-refractivity contribution in [3.63, 3.8) is 0 Å². The van der Waals surface area contributed by atoms with E-state index in [2.05, 4.69) is 23.7 Å². The minimum absolute atomic E-state index is 0.00688. The molecule has 0 spiro atoms. The first-order valence-corrected chi connectivity index (χ1v) is 8.12. The van der Waals surface area contributed by atoms with Gasteiger partial charge < -0.3 is 9.47 Å². The SMILES string of the molecule is CC#CCC(CC#Cc1cccc2ccccc12)(C(=O)OC)C(=O)OC. The molecule has 0 radical (unpaired) electrons. The van der Waals surface area contributed by atoms with E-state index in [1.165, 1.54) is 14.2 Å². The van der Waals surface area contributed by atoms with E-state index in [0.29, 0.717) is 0 Å². The molecule has 0 bridgehead atoms. The number of rotatable bonds is 4. The van der Waals surface area contributed by atoms with Crippen LogP contribution in [0.1, 0.15) is 25.3 Å². The average molecular weight is 348 g/mol. The van der Waals surface area contributed by atoms with Gasteiger partial charge in [0.05, 0.1) is 14.2 Å². The number of fused-ring (bicyclic) bond motifs is 1. The van der Waals surface area contributed by atoms with E-state index in [4.69, 9.17) is 9.47 Å². The van der Waals surface area contributed by atoms with Crippen LogP contribution in [0.15, 0.2) is 42.5 Å². The summed E-state index contributed by atoms with van der Waals surface area (Å²) in [6, 6.07) is 13.7. The van der Waals surface area contributed by atoms with Gasteiger partial charge in [-0.05, 0) is 23.8 Å². The van der Waals surface area contributed by atoms with Crippen LogP contribution in [0.2, 0.25) is 0 Å². The topological polar surface area (TPSA) is 52.6 Å². The van der Waals surface area contributed by atoms with Crippen LogP contribution in [0.5, 0.6) is 0 Å². The van der Waals surface area contributed by atoms with Gasteiger partial charge in [0.1, 0.15) is 0 Å². The molecular formula is C22H20O4. The predicted octanol–water partition coefficient (Wildman–Crippen LogP) is 3.33. The molecule has 4 nitrogen and oxygen atoms in total. The van der Waals surface area contributed by atoms with E-state index in [1.807, 2.05) is 42.5 Å². The van der Waals surface area contributed by atoms with Gasteiger partial charge in [0, 0.05) is 18.4 Å². The van der Waals surface area contributed by atoms with Crippen molar-refractivity contribution in [2.45, 2.75) is 19.8 Å². The van der Waals surface area contributed by atoms with Gasteiger partial charge in [0.25, 0.3) is 0 Å².